The Kier molecular flexibility index (Phi) is 4.03. The van der Waals surface area contributed by atoms with Crippen molar-refractivity contribution in [2.24, 2.45) is 0 Å². The Bertz CT molecular complexity index is 802. The van der Waals surface area contributed by atoms with Gasteiger partial charge in [0.15, 0.2) is 0 Å². The maximum Gasteiger partial charge on any atom is 0.0358 e. The normalized spacial score (nSPS) is 13.9. The highest BCUT2D eigenvalue weighted by atomic mass is 32.1. The van der Waals surface area contributed by atoms with Gasteiger partial charge >= 0.3 is 0 Å². The van der Waals surface area contributed by atoms with Gasteiger partial charge in [-0.2, -0.15) is 0 Å². The van der Waals surface area contributed by atoms with Crippen molar-refractivity contribution in [1.29, 1.82) is 0 Å². The molecule has 0 aliphatic heterocycles. The third-order valence-electron chi connectivity index (χ3n) is 4.65. The molecular formula is C21H26S. The molecule has 1 heterocycles. The Morgan fingerprint density at radius 2 is 1.73 bits per heavy atom. The van der Waals surface area contributed by atoms with Crippen LogP contribution in [0.15, 0.2) is 36.4 Å². The zero-order chi connectivity index (χ0) is 15.9. The number of fused-ring (bicyclic) bond motifs is 3. The van der Waals surface area contributed by atoms with Crippen molar-refractivity contribution in [2.45, 2.75) is 58.8 Å². The summed E-state index contributed by atoms with van der Waals surface area (Å²) in [6.45, 7) is 11.5. The third kappa shape index (κ3) is 2.79. The minimum atomic E-state index is 0.213. The Morgan fingerprint density at radius 1 is 0.955 bits per heavy atom. The molecule has 0 nitrogen and oxygen atoms in total. The largest absolute Gasteiger partial charge is 0.135 e. The Hall–Kier alpha value is -1.34. The Balaban J connectivity index is 2.14. The van der Waals surface area contributed by atoms with E-state index in [-0.39, 0.29) is 5.41 Å². The van der Waals surface area contributed by atoms with Crippen molar-refractivity contribution in [3.8, 4) is 0 Å². The van der Waals surface area contributed by atoms with Gasteiger partial charge in [0, 0.05) is 20.2 Å². The van der Waals surface area contributed by atoms with Crippen LogP contribution in [0.3, 0.4) is 0 Å². The Morgan fingerprint density at radius 3 is 2.41 bits per heavy atom. The zero-order valence-corrected chi connectivity index (χ0v) is 15.2. The van der Waals surface area contributed by atoms with Crippen LogP contribution in [-0.2, 0) is 5.41 Å². The van der Waals surface area contributed by atoms with Crippen molar-refractivity contribution in [3.05, 3.63) is 47.5 Å². The smallest absolute Gasteiger partial charge is 0.0358 e. The van der Waals surface area contributed by atoms with Crippen molar-refractivity contribution in [3.63, 3.8) is 0 Å². The molecule has 1 aromatic heterocycles. The number of benzene rings is 2. The first-order chi connectivity index (χ1) is 10.4. The SMILES string of the molecule is CCCC(C)c1ccc2sc3cc(C(C)(C)C)ccc3c2c1. The minimum absolute atomic E-state index is 0.213. The highest BCUT2D eigenvalue weighted by Crippen LogP contribution is 2.38. The molecule has 116 valence electrons. The lowest BCUT2D eigenvalue weighted by molar-refractivity contribution is 0.591. The van der Waals surface area contributed by atoms with Crippen LogP contribution in [0.5, 0.6) is 0 Å². The topological polar surface area (TPSA) is 0 Å². The lowest BCUT2D eigenvalue weighted by Gasteiger charge is -2.18. The van der Waals surface area contributed by atoms with Gasteiger partial charge in [-0.3, -0.25) is 0 Å². The van der Waals surface area contributed by atoms with E-state index in [1.807, 2.05) is 11.3 Å². The second kappa shape index (κ2) is 5.70. The molecule has 3 aromatic rings. The summed E-state index contributed by atoms with van der Waals surface area (Å²) in [6.07, 6.45) is 2.51. The average Bonchev–Trinajstić information content (AvgIpc) is 2.83. The average molecular weight is 311 g/mol. The summed E-state index contributed by atoms with van der Waals surface area (Å²) >= 11 is 1.93. The van der Waals surface area contributed by atoms with E-state index in [1.54, 1.807) is 0 Å². The van der Waals surface area contributed by atoms with Gasteiger partial charge in [-0.1, -0.05) is 59.2 Å². The van der Waals surface area contributed by atoms with Crippen LogP contribution < -0.4 is 0 Å². The third-order valence-corrected chi connectivity index (χ3v) is 5.79. The lowest BCUT2D eigenvalue weighted by Crippen LogP contribution is -2.10. The summed E-state index contributed by atoms with van der Waals surface area (Å²) in [5, 5.41) is 2.85. The maximum atomic E-state index is 2.42. The van der Waals surface area contributed by atoms with E-state index in [4.69, 9.17) is 0 Å². The van der Waals surface area contributed by atoms with E-state index in [9.17, 15) is 0 Å². The molecule has 0 amide bonds. The molecule has 0 saturated heterocycles. The van der Waals surface area contributed by atoms with E-state index < -0.39 is 0 Å². The summed E-state index contributed by atoms with van der Waals surface area (Å²) in [5.74, 6) is 0.651. The van der Waals surface area contributed by atoms with Crippen LogP contribution in [0.25, 0.3) is 20.2 Å². The van der Waals surface area contributed by atoms with Gasteiger partial charge in [0.25, 0.3) is 0 Å². The summed E-state index contributed by atoms with van der Waals surface area (Å²) in [5.41, 5.74) is 3.12. The highest BCUT2D eigenvalue weighted by Gasteiger charge is 2.16. The number of hydrogen-bond donors (Lipinski definition) is 0. The molecule has 1 atom stereocenters. The maximum absolute atomic E-state index is 2.42. The van der Waals surface area contributed by atoms with Crippen LogP contribution in [0, 0.1) is 0 Å². The second-order valence-corrected chi connectivity index (χ2v) is 8.59. The first-order valence-corrected chi connectivity index (χ1v) is 9.18. The molecule has 0 fully saturated rings. The summed E-state index contributed by atoms with van der Waals surface area (Å²) in [6, 6.07) is 14.1. The van der Waals surface area contributed by atoms with Gasteiger partial charge < -0.3 is 0 Å². The summed E-state index contributed by atoms with van der Waals surface area (Å²) in [4.78, 5) is 0. The second-order valence-electron chi connectivity index (χ2n) is 7.51. The van der Waals surface area contributed by atoms with Crippen LogP contribution in [0.4, 0.5) is 0 Å². The quantitative estimate of drug-likeness (QED) is 0.477. The first-order valence-electron chi connectivity index (χ1n) is 8.37. The van der Waals surface area contributed by atoms with Crippen molar-refractivity contribution >= 4 is 31.5 Å². The predicted molar refractivity (Wildman–Crippen MR) is 101 cm³/mol. The fourth-order valence-corrected chi connectivity index (χ4v) is 4.29. The van der Waals surface area contributed by atoms with Crippen LogP contribution in [-0.4, -0.2) is 0 Å². The molecule has 2 aromatic carbocycles. The molecular weight excluding hydrogens is 284 g/mol. The van der Waals surface area contributed by atoms with E-state index >= 15 is 0 Å². The van der Waals surface area contributed by atoms with Gasteiger partial charge in [-0.05, 0) is 47.1 Å². The van der Waals surface area contributed by atoms with Gasteiger partial charge in [-0.15, -0.1) is 11.3 Å². The molecule has 0 aliphatic rings. The minimum Gasteiger partial charge on any atom is -0.135 e. The standard InChI is InChI=1S/C21H26S/c1-6-7-14(2)15-8-11-19-18(12-15)17-10-9-16(21(3,4)5)13-20(17)22-19/h8-14H,6-7H2,1-5H3. The molecule has 0 N–H and O–H groups in total. The van der Waals surface area contributed by atoms with Gasteiger partial charge in [-0.25, -0.2) is 0 Å². The highest BCUT2D eigenvalue weighted by molar-refractivity contribution is 7.25. The summed E-state index contributed by atoms with van der Waals surface area (Å²) in [7, 11) is 0. The summed E-state index contributed by atoms with van der Waals surface area (Å²) < 4.78 is 2.83. The van der Waals surface area contributed by atoms with Crippen LogP contribution in [0.2, 0.25) is 0 Å². The molecule has 3 rings (SSSR count). The van der Waals surface area contributed by atoms with E-state index in [0.717, 1.165) is 0 Å². The Labute approximate surface area is 138 Å². The fourth-order valence-electron chi connectivity index (χ4n) is 3.17. The predicted octanol–water partition coefficient (Wildman–Crippen LogP) is 7.26. The number of hydrogen-bond acceptors (Lipinski definition) is 1. The van der Waals surface area contributed by atoms with Crippen LogP contribution >= 0.6 is 11.3 Å². The van der Waals surface area contributed by atoms with E-state index in [1.165, 1.54) is 44.1 Å². The fraction of sp³-hybridized carbons (Fsp3) is 0.429. The van der Waals surface area contributed by atoms with Crippen molar-refractivity contribution in [2.75, 3.05) is 0 Å². The van der Waals surface area contributed by atoms with Gasteiger partial charge in [0.2, 0.25) is 0 Å². The van der Waals surface area contributed by atoms with Gasteiger partial charge in [0.1, 0.15) is 0 Å². The van der Waals surface area contributed by atoms with Gasteiger partial charge in [0.05, 0.1) is 0 Å². The molecule has 0 aliphatic carbocycles. The van der Waals surface area contributed by atoms with Crippen molar-refractivity contribution in [1.82, 2.24) is 0 Å². The molecule has 1 unspecified atom stereocenters. The van der Waals surface area contributed by atoms with Crippen LogP contribution in [0.1, 0.15) is 64.5 Å². The van der Waals surface area contributed by atoms with E-state index in [2.05, 4.69) is 71.0 Å². The zero-order valence-electron chi connectivity index (χ0n) is 14.4. The monoisotopic (exact) mass is 310 g/mol. The van der Waals surface area contributed by atoms with Crippen molar-refractivity contribution < 1.29 is 0 Å². The number of rotatable bonds is 3. The lowest BCUT2D eigenvalue weighted by atomic mass is 9.86. The first kappa shape index (κ1) is 15.6. The molecule has 0 radical (unpaired) electrons. The number of thiophene rings is 1. The molecule has 0 spiro atoms. The molecule has 22 heavy (non-hydrogen) atoms. The van der Waals surface area contributed by atoms with E-state index in [0.29, 0.717) is 5.92 Å². The molecule has 0 saturated carbocycles. The molecule has 0 bridgehead atoms. The molecule has 1 heteroatoms.